The Kier molecular flexibility index (Phi) is 6.39. The lowest BCUT2D eigenvalue weighted by Crippen LogP contribution is -2.47. The van der Waals surface area contributed by atoms with Crippen LogP contribution in [0.1, 0.15) is 40.7 Å². The van der Waals surface area contributed by atoms with E-state index >= 15 is 0 Å². The molecule has 30 heavy (non-hydrogen) atoms. The number of likely N-dealkylation sites (N-methyl/N-ethyl adjacent to an activating group) is 1. The van der Waals surface area contributed by atoms with Crippen molar-refractivity contribution < 1.29 is 9.53 Å². The SMILES string of the molecule is CCn1nc(C(=O)N2CCN(C)CC2)c2c1CCC(NCc1ccccc1OC)C2. The van der Waals surface area contributed by atoms with E-state index in [1.54, 1.807) is 7.11 Å². The molecule has 1 amide bonds. The molecule has 2 aliphatic rings. The van der Waals surface area contributed by atoms with Gasteiger partial charge in [-0.2, -0.15) is 5.10 Å². The van der Waals surface area contributed by atoms with E-state index in [1.165, 1.54) is 5.69 Å². The van der Waals surface area contributed by atoms with Gasteiger partial charge in [0, 0.05) is 62.1 Å². The number of carbonyl (C=O) groups is 1. The lowest BCUT2D eigenvalue weighted by Gasteiger charge is -2.32. The van der Waals surface area contributed by atoms with E-state index in [9.17, 15) is 4.79 Å². The summed E-state index contributed by atoms with van der Waals surface area (Å²) in [5.41, 5.74) is 4.21. The van der Waals surface area contributed by atoms with Crippen molar-refractivity contribution in [1.29, 1.82) is 0 Å². The van der Waals surface area contributed by atoms with Gasteiger partial charge in [-0.15, -0.1) is 0 Å². The van der Waals surface area contributed by atoms with Crippen molar-refractivity contribution in [3.8, 4) is 5.75 Å². The highest BCUT2D eigenvalue weighted by Crippen LogP contribution is 2.27. The van der Waals surface area contributed by atoms with Gasteiger partial charge in [-0.3, -0.25) is 9.48 Å². The van der Waals surface area contributed by atoms with Crippen LogP contribution in [0.25, 0.3) is 0 Å². The second kappa shape index (κ2) is 9.18. The van der Waals surface area contributed by atoms with E-state index in [2.05, 4.69) is 30.3 Å². The van der Waals surface area contributed by atoms with Crippen LogP contribution < -0.4 is 10.1 Å². The summed E-state index contributed by atoms with van der Waals surface area (Å²) in [6.07, 6.45) is 2.85. The molecule has 1 aliphatic heterocycles. The maximum atomic E-state index is 13.3. The van der Waals surface area contributed by atoms with Crippen molar-refractivity contribution in [3.05, 3.63) is 46.8 Å². The van der Waals surface area contributed by atoms with E-state index in [1.807, 2.05) is 27.8 Å². The molecule has 1 N–H and O–H groups in total. The molecule has 1 unspecified atom stereocenters. The Morgan fingerprint density at radius 2 is 2.00 bits per heavy atom. The lowest BCUT2D eigenvalue weighted by atomic mass is 9.90. The van der Waals surface area contributed by atoms with Crippen LogP contribution in [0, 0.1) is 0 Å². The molecule has 1 saturated heterocycles. The predicted octanol–water partition coefficient (Wildman–Crippen LogP) is 1.95. The van der Waals surface area contributed by atoms with Crippen molar-refractivity contribution in [2.45, 2.75) is 45.3 Å². The molecule has 7 nitrogen and oxygen atoms in total. The Balaban J connectivity index is 1.49. The minimum atomic E-state index is 0.0944. The Morgan fingerprint density at radius 1 is 1.23 bits per heavy atom. The van der Waals surface area contributed by atoms with Gasteiger partial charge in [0.1, 0.15) is 5.75 Å². The van der Waals surface area contributed by atoms with Crippen LogP contribution in [0.3, 0.4) is 0 Å². The third-order valence-corrected chi connectivity index (χ3v) is 6.41. The Hall–Kier alpha value is -2.38. The zero-order valence-electron chi connectivity index (χ0n) is 18.4. The number of piperazine rings is 1. The number of para-hydroxylation sites is 1. The van der Waals surface area contributed by atoms with Crippen molar-refractivity contribution in [1.82, 2.24) is 24.9 Å². The maximum Gasteiger partial charge on any atom is 0.274 e. The molecular weight excluding hydrogens is 378 g/mol. The standard InChI is InChI=1S/C23H33N5O2/c1-4-28-20-10-9-18(24-16-17-7-5-6-8-21(17)30-3)15-19(20)22(25-28)23(29)27-13-11-26(2)12-14-27/h5-8,18,24H,4,9-16H2,1-3H3. The van der Waals surface area contributed by atoms with Crippen LogP contribution >= 0.6 is 0 Å². The normalized spacial score (nSPS) is 19.6. The molecule has 162 valence electrons. The zero-order chi connectivity index (χ0) is 21.1. The van der Waals surface area contributed by atoms with Crippen molar-refractivity contribution in [2.24, 2.45) is 0 Å². The van der Waals surface area contributed by atoms with Gasteiger partial charge in [0.25, 0.3) is 5.91 Å². The van der Waals surface area contributed by atoms with Crippen LogP contribution in [0.15, 0.2) is 24.3 Å². The number of rotatable bonds is 6. The minimum absolute atomic E-state index is 0.0944. The fourth-order valence-corrected chi connectivity index (χ4v) is 4.56. The molecular formula is C23H33N5O2. The van der Waals surface area contributed by atoms with Gasteiger partial charge in [-0.05, 0) is 39.3 Å². The van der Waals surface area contributed by atoms with E-state index in [0.717, 1.165) is 75.4 Å². The van der Waals surface area contributed by atoms with Crippen molar-refractivity contribution in [2.75, 3.05) is 40.3 Å². The topological polar surface area (TPSA) is 62.6 Å². The van der Waals surface area contributed by atoms with E-state index < -0.39 is 0 Å². The molecule has 0 radical (unpaired) electrons. The number of nitrogens with zero attached hydrogens (tertiary/aromatic N) is 4. The average molecular weight is 412 g/mol. The average Bonchev–Trinajstić information content (AvgIpc) is 3.16. The lowest BCUT2D eigenvalue weighted by molar-refractivity contribution is 0.0656. The summed E-state index contributed by atoms with van der Waals surface area (Å²) in [4.78, 5) is 17.5. The minimum Gasteiger partial charge on any atom is -0.496 e. The summed E-state index contributed by atoms with van der Waals surface area (Å²) in [5.74, 6) is 1.00. The van der Waals surface area contributed by atoms with Crippen LogP contribution in [0.4, 0.5) is 0 Å². The first-order valence-corrected chi connectivity index (χ1v) is 11.0. The highest BCUT2D eigenvalue weighted by Gasteiger charge is 2.31. The molecule has 1 aromatic carbocycles. The quantitative estimate of drug-likeness (QED) is 0.787. The number of fused-ring (bicyclic) bond motifs is 1. The smallest absolute Gasteiger partial charge is 0.274 e. The fourth-order valence-electron chi connectivity index (χ4n) is 4.56. The Labute approximate surface area is 179 Å². The Bertz CT molecular complexity index is 886. The summed E-state index contributed by atoms with van der Waals surface area (Å²) in [7, 11) is 3.81. The third kappa shape index (κ3) is 4.23. The number of carbonyl (C=O) groups excluding carboxylic acids is 1. The summed E-state index contributed by atoms with van der Waals surface area (Å²) in [6, 6.07) is 8.45. The molecule has 0 bridgehead atoms. The van der Waals surface area contributed by atoms with Gasteiger partial charge in [-0.1, -0.05) is 18.2 Å². The van der Waals surface area contributed by atoms with Gasteiger partial charge in [-0.25, -0.2) is 0 Å². The van der Waals surface area contributed by atoms with Gasteiger partial charge < -0.3 is 19.9 Å². The van der Waals surface area contributed by atoms with E-state index in [0.29, 0.717) is 11.7 Å². The number of nitrogens with one attached hydrogen (secondary N) is 1. The first kappa shape index (κ1) is 20.9. The van der Waals surface area contributed by atoms with Crippen LogP contribution in [0.5, 0.6) is 5.75 Å². The summed E-state index contributed by atoms with van der Waals surface area (Å²) >= 11 is 0. The second-order valence-electron chi connectivity index (χ2n) is 8.32. The number of aryl methyl sites for hydroxylation is 1. The molecule has 4 rings (SSSR count). The van der Waals surface area contributed by atoms with Gasteiger partial charge in [0.05, 0.1) is 7.11 Å². The van der Waals surface area contributed by atoms with E-state index in [-0.39, 0.29) is 5.91 Å². The number of benzene rings is 1. The van der Waals surface area contributed by atoms with Crippen molar-refractivity contribution in [3.63, 3.8) is 0 Å². The molecule has 2 heterocycles. The first-order chi connectivity index (χ1) is 14.6. The summed E-state index contributed by atoms with van der Waals surface area (Å²) in [5, 5.41) is 8.43. The molecule has 2 aromatic rings. The number of hydrogen-bond donors (Lipinski definition) is 1. The molecule has 1 fully saturated rings. The first-order valence-electron chi connectivity index (χ1n) is 11.0. The maximum absolute atomic E-state index is 13.3. The molecule has 1 aliphatic carbocycles. The van der Waals surface area contributed by atoms with Gasteiger partial charge in [0.2, 0.25) is 0 Å². The molecule has 0 saturated carbocycles. The van der Waals surface area contributed by atoms with Gasteiger partial charge in [0.15, 0.2) is 5.69 Å². The number of methoxy groups -OCH3 is 1. The largest absolute Gasteiger partial charge is 0.496 e. The molecule has 0 spiro atoms. The molecule has 1 atom stereocenters. The third-order valence-electron chi connectivity index (χ3n) is 6.41. The number of amides is 1. The highest BCUT2D eigenvalue weighted by molar-refractivity contribution is 5.94. The Morgan fingerprint density at radius 3 is 2.73 bits per heavy atom. The summed E-state index contributed by atoms with van der Waals surface area (Å²) < 4.78 is 7.51. The molecule has 1 aromatic heterocycles. The highest BCUT2D eigenvalue weighted by atomic mass is 16.5. The monoisotopic (exact) mass is 411 g/mol. The van der Waals surface area contributed by atoms with Crippen LogP contribution in [0.2, 0.25) is 0 Å². The molecule has 7 heteroatoms. The van der Waals surface area contributed by atoms with Crippen LogP contribution in [-0.4, -0.2) is 71.9 Å². The van der Waals surface area contributed by atoms with Gasteiger partial charge >= 0.3 is 0 Å². The number of hydrogen-bond acceptors (Lipinski definition) is 5. The number of aromatic nitrogens is 2. The number of ether oxygens (including phenoxy) is 1. The summed E-state index contributed by atoms with van der Waals surface area (Å²) in [6.45, 7) is 7.06. The zero-order valence-corrected chi connectivity index (χ0v) is 18.4. The van der Waals surface area contributed by atoms with E-state index in [4.69, 9.17) is 9.84 Å². The van der Waals surface area contributed by atoms with Crippen LogP contribution in [-0.2, 0) is 25.9 Å². The fraction of sp³-hybridized carbons (Fsp3) is 0.565. The van der Waals surface area contributed by atoms with Crippen molar-refractivity contribution >= 4 is 5.91 Å². The predicted molar refractivity (Wildman–Crippen MR) is 117 cm³/mol. The second-order valence-corrected chi connectivity index (χ2v) is 8.32.